The zero-order valence-corrected chi connectivity index (χ0v) is 28.4. The topological polar surface area (TPSA) is 19.1 Å². The molecule has 7 aromatic carbocycles. The van der Waals surface area contributed by atoms with Crippen molar-refractivity contribution in [2.24, 2.45) is 0 Å². The van der Waals surface area contributed by atoms with Gasteiger partial charge in [0.05, 0.1) is 33.0 Å². The Kier molecular flexibility index (Phi) is 5.55. The number of hydrogen-bond donors (Lipinski definition) is 0. The summed E-state index contributed by atoms with van der Waals surface area (Å²) in [5.41, 5.74) is 15.4. The monoisotopic (exact) mass is 664 g/mol. The lowest BCUT2D eigenvalue weighted by molar-refractivity contribution is 0.439. The van der Waals surface area contributed by atoms with E-state index in [-0.39, 0.29) is 0 Å². The Morgan fingerprint density at radius 3 is 2.15 bits per heavy atom. The molecule has 3 aliphatic rings. The van der Waals surface area contributed by atoms with E-state index in [4.69, 9.17) is 4.74 Å². The van der Waals surface area contributed by atoms with Gasteiger partial charge in [0, 0.05) is 38.8 Å². The van der Waals surface area contributed by atoms with E-state index in [1.807, 2.05) is 0 Å². The van der Waals surface area contributed by atoms with E-state index in [1.165, 1.54) is 88.7 Å². The van der Waals surface area contributed by atoms with Crippen LogP contribution in [0.5, 0.6) is 11.5 Å². The fourth-order valence-corrected chi connectivity index (χ4v) is 9.81. The highest BCUT2D eigenvalue weighted by atomic mass is 16.5. The minimum atomic E-state index is -0.594. The molecule has 3 heteroatoms. The Hall–Kier alpha value is -6.58. The van der Waals surface area contributed by atoms with Crippen LogP contribution in [0.1, 0.15) is 39.9 Å². The second-order valence-electron chi connectivity index (χ2n) is 14.3. The maximum Gasteiger partial charge on any atom is 0.142 e. The maximum atomic E-state index is 7.21. The number of rotatable bonds is 2. The lowest BCUT2D eigenvalue weighted by Crippen LogP contribution is -2.37. The summed E-state index contributed by atoms with van der Waals surface area (Å²) in [7, 11) is 0. The Bertz CT molecular complexity index is 2980. The molecule has 2 aliphatic heterocycles. The Morgan fingerprint density at radius 1 is 0.519 bits per heavy atom. The summed E-state index contributed by atoms with van der Waals surface area (Å²) >= 11 is 0. The zero-order valence-electron chi connectivity index (χ0n) is 28.4. The van der Waals surface area contributed by atoms with Crippen LogP contribution >= 0.6 is 0 Å². The summed E-state index contributed by atoms with van der Waals surface area (Å²) in [6.45, 7) is 0. The molecule has 4 heterocycles. The molecule has 244 valence electrons. The number of benzene rings is 7. The van der Waals surface area contributed by atoms with E-state index >= 15 is 0 Å². The van der Waals surface area contributed by atoms with Crippen LogP contribution in [0, 0.1) is 0 Å². The van der Waals surface area contributed by atoms with Crippen molar-refractivity contribution >= 4 is 38.8 Å². The van der Waals surface area contributed by atoms with Crippen molar-refractivity contribution in [2.75, 3.05) is 0 Å². The molecule has 3 nitrogen and oxygen atoms in total. The number of nitrogens with zero attached hydrogens (tertiary/aromatic N) is 2. The molecule has 0 saturated carbocycles. The van der Waals surface area contributed by atoms with Crippen LogP contribution in [0.4, 0.5) is 0 Å². The third-order valence-electron chi connectivity index (χ3n) is 11.8. The van der Waals surface area contributed by atoms with Crippen molar-refractivity contribution in [2.45, 2.75) is 18.3 Å². The molecule has 0 bridgehead atoms. The second-order valence-corrected chi connectivity index (χ2v) is 14.3. The molecule has 0 N–H and O–H groups in total. The quantitative estimate of drug-likeness (QED) is 0.180. The van der Waals surface area contributed by atoms with Crippen LogP contribution in [0.25, 0.3) is 61.3 Å². The largest absolute Gasteiger partial charge is 0.456 e. The van der Waals surface area contributed by atoms with Gasteiger partial charge in [-0.15, -0.1) is 0 Å². The highest BCUT2D eigenvalue weighted by molar-refractivity contribution is 6.12. The van der Waals surface area contributed by atoms with Crippen LogP contribution in [-0.2, 0) is 11.8 Å². The van der Waals surface area contributed by atoms with Crippen molar-refractivity contribution in [3.8, 4) is 34.0 Å². The van der Waals surface area contributed by atoms with Crippen LogP contribution in [0.2, 0.25) is 0 Å². The number of aromatic nitrogens is 2. The predicted molar refractivity (Wildman–Crippen MR) is 212 cm³/mol. The first kappa shape index (κ1) is 28.2. The molecule has 0 radical (unpaired) electrons. The van der Waals surface area contributed by atoms with Crippen LogP contribution in [0.15, 0.2) is 164 Å². The molecule has 52 heavy (non-hydrogen) atoms. The van der Waals surface area contributed by atoms with E-state index in [0.717, 1.165) is 24.3 Å². The van der Waals surface area contributed by atoms with Gasteiger partial charge >= 0.3 is 0 Å². The van der Waals surface area contributed by atoms with Crippen molar-refractivity contribution < 1.29 is 4.74 Å². The van der Waals surface area contributed by atoms with E-state index in [9.17, 15) is 0 Å². The SMILES string of the molecule is C1=Cc2c(n(-c3ccc(-c4ccccc4)cc3)c3ccc4c(c23)Oc2ccccc2C42c3ccccc3-n3c4ccccc4c4cccc2c43)CC1. The lowest BCUT2D eigenvalue weighted by Gasteiger charge is -2.45. The first-order valence-electron chi connectivity index (χ1n) is 18.3. The number of ether oxygens (including phenoxy) is 1. The standard InChI is InChI=1S/C49H32N2O/c1-2-13-31(14-3-1)32-25-27-33(28-26-32)50-42-22-9-5-16-36(42)46-44(50)30-29-40-48(46)52-45-24-11-7-19-38(45)49(40)37-18-6-10-23-43(37)51-41-21-8-4-15-34(41)35-17-12-20-39(49)47(35)51/h1-8,10-21,23-30H,9,22H2. The molecule has 1 atom stereocenters. The third-order valence-corrected chi connectivity index (χ3v) is 11.8. The number of para-hydroxylation sites is 4. The van der Waals surface area contributed by atoms with Gasteiger partial charge in [-0.25, -0.2) is 0 Å². The van der Waals surface area contributed by atoms with Gasteiger partial charge in [0.2, 0.25) is 0 Å². The second kappa shape index (κ2) is 10.2. The van der Waals surface area contributed by atoms with E-state index in [0.29, 0.717) is 0 Å². The van der Waals surface area contributed by atoms with Gasteiger partial charge in [0.15, 0.2) is 0 Å². The van der Waals surface area contributed by atoms with Gasteiger partial charge in [-0.2, -0.15) is 0 Å². The molecule has 9 aromatic rings. The fraction of sp³-hybridized carbons (Fsp3) is 0.0612. The van der Waals surface area contributed by atoms with Gasteiger partial charge in [-0.05, 0) is 71.5 Å². The average Bonchev–Trinajstić information content (AvgIpc) is 3.74. The molecule has 1 aliphatic carbocycles. The molecule has 0 fully saturated rings. The number of allylic oxidation sites excluding steroid dienone is 1. The molecule has 1 spiro atoms. The van der Waals surface area contributed by atoms with Gasteiger partial charge in [0.25, 0.3) is 0 Å². The minimum absolute atomic E-state index is 0.594. The first-order chi connectivity index (χ1) is 25.8. The van der Waals surface area contributed by atoms with E-state index in [2.05, 4.69) is 179 Å². The molecule has 1 unspecified atom stereocenters. The molecule has 12 rings (SSSR count). The smallest absolute Gasteiger partial charge is 0.142 e. The van der Waals surface area contributed by atoms with Crippen molar-refractivity contribution in [3.63, 3.8) is 0 Å². The van der Waals surface area contributed by atoms with Gasteiger partial charge < -0.3 is 13.9 Å². The van der Waals surface area contributed by atoms with E-state index < -0.39 is 5.41 Å². The highest BCUT2D eigenvalue weighted by Gasteiger charge is 2.51. The summed E-state index contributed by atoms with van der Waals surface area (Å²) in [6.07, 6.45) is 6.65. The van der Waals surface area contributed by atoms with Crippen molar-refractivity contribution in [3.05, 3.63) is 197 Å². The zero-order chi connectivity index (χ0) is 34.0. The third kappa shape index (κ3) is 3.45. The molecule has 0 amide bonds. The Labute approximate surface area is 301 Å². The Balaban J connectivity index is 1.20. The normalized spacial score (nSPS) is 16.5. The van der Waals surface area contributed by atoms with Gasteiger partial charge in [0.1, 0.15) is 11.5 Å². The predicted octanol–water partition coefficient (Wildman–Crippen LogP) is 12.2. The number of hydrogen-bond acceptors (Lipinski definition) is 1. The highest BCUT2D eigenvalue weighted by Crippen LogP contribution is 2.62. The van der Waals surface area contributed by atoms with Crippen LogP contribution in [-0.4, -0.2) is 9.13 Å². The van der Waals surface area contributed by atoms with E-state index in [1.54, 1.807) is 0 Å². The molecular formula is C49H32N2O. The minimum Gasteiger partial charge on any atom is -0.456 e. The molecule has 0 saturated heterocycles. The summed E-state index contributed by atoms with van der Waals surface area (Å²) in [5, 5.41) is 3.73. The van der Waals surface area contributed by atoms with Crippen molar-refractivity contribution in [1.82, 2.24) is 9.13 Å². The lowest BCUT2D eigenvalue weighted by atomic mass is 9.61. The first-order valence-corrected chi connectivity index (χ1v) is 18.3. The molecular weight excluding hydrogens is 633 g/mol. The Morgan fingerprint density at radius 2 is 1.25 bits per heavy atom. The van der Waals surface area contributed by atoms with Gasteiger partial charge in [-0.1, -0.05) is 133 Å². The molecule has 2 aromatic heterocycles. The summed E-state index contributed by atoms with van der Waals surface area (Å²) in [6, 6.07) is 57.9. The summed E-state index contributed by atoms with van der Waals surface area (Å²) in [4.78, 5) is 0. The van der Waals surface area contributed by atoms with Crippen LogP contribution in [0.3, 0.4) is 0 Å². The summed E-state index contributed by atoms with van der Waals surface area (Å²) < 4.78 is 12.2. The summed E-state index contributed by atoms with van der Waals surface area (Å²) in [5.74, 6) is 1.86. The fourth-order valence-electron chi connectivity index (χ4n) is 9.81. The average molecular weight is 665 g/mol. The van der Waals surface area contributed by atoms with Crippen molar-refractivity contribution in [1.29, 1.82) is 0 Å². The maximum absolute atomic E-state index is 7.21. The number of fused-ring (bicyclic) bond motifs is 15. The van der Waals surface area contributed by atoms with Gasteiger partial charge in [-0.3, -0.25) is 0 Å². The van der Waals surface area contributed by atoms with Crippen LogP contribution < -0.4 is 4.74 Å².